The minimum atomic E-state index is 0.652. The lowest BCUT2D eigenvalue weighted by molar-refractivity contribution is 0.259. The molecule has 0 amide bonds. The van der Waals surface area contributed by atoms with Crippen LogP contribution in [0.15, 0.2) is 77.2 Å². The van der Waals surface area contributed by atoms with E-state index < -0.39 is 0 Å². The summed E-state index contributed by atoms with van der Waals surface area (Å²) in [4.78, 5) is 7.15. The van der Waals surface area contributed by atoms with Crippen molar-refractivity contribution in [3.8, 4) is 5.75 Å². The fourth-order valence-electron chi connectivity index (χ4n) is 4.37. The number of rotatable bonds is 14. The van der Waals surface area contributed by atoms with Crippen molar-refractivity contribution in [2.75, 3.05) is 19.7 Å². The van der Waals surface area contributed by atoms with Crippen molar-refractivity contribution in [2.45, 2.75) is 58.9 Å². The number of hydrogen-bond donors (Lipinski definition) is 0. The topological polar surface area (TPSA) is 38.5 Å². The molecule has 1 aromatic heterocycles. The maximum Gasteiger partial charge on any atom is 0.195 e. The van der Waals surface area contributed by atoms with E-state index in [9.17, 15) is 0 Å². The van der Waals surface area contributed by atoms with Gasteiger partial charge < -0.3 is 9.15 Å². The summed E-state index contributed by atoms with van der Waals surface area (Å²) in [6, 6.07) is 25.3. The minimum Gasteiger partial charge on any atom is -0.493 e. The summed E-state index contributed by atoms with van der Waals surface area (Å²) in [5, 5.41) is 0. The van der Waals surface area contributed by atoms with E-state index >= 15 is 0 Å². The maximum atomic E-state index is 6.21. The molecule has 4 aromatic rings. The van der Waals surface area contributed by atoms with Crippen LogP contribution in [0.5, 0.6) is 5.75 Å². The van der Waals surface area contributed by atoms with Gasteiger partial charge >= 0.3 is 0 Å². The van der Waals surface area contributed by atoms with Crippen LogP contribution in [0, 0.1) is 6.92 Å². The van der Waals surface area contributed by atoms with Crippen LogP contribution in [0.3, 0.4) is 0 Å². The summed E-state index contributed by atoms with van der Waals surface area (Å²) in [5.74, 6) is 1.77. The van der Waals surface area contributed by atoms with Gasteiger partial charge in [0.25, 0.3) is 0 Å². The molecule has 0 fully saturated rings. The second-order valence-corrected chi connectivity index (χ2v) is 9.35. The molecule has 1 heterocycles. The summed E-state index contributed by atoms with van der Waals surface area (Å²) in [5.41, 5.74) is 5.74. The van der Waals surface area contributed by atoms with E-state index in [4.69, 9.17) is 9.15 Å². The standard InChI is InChI=1S/C31H38N2O2/c1-3-4-9-21-33(24-26-18-16-25(2)17-19-26)22-20-27-11-5-7-13-29(27)34-23-10-15-31-32-28-12-6-8-14-30(28)35-31/h5-8,11-14,16-19H,3-4,9-10,15,20-24H2,1-2H3. The van der Waals surface area contributed by atoms with E-state index in [1.54, 1.807) is 0 Å². The second kappa shape index (κ2) is 13.1. The van der Waals surface area contributed by atoms with Crippen LogP contribution >= 0.6 is 0 Å². The maximum absolute atomic E-state index is 6.21. The van der Waals surface area contributed by atoms with Crippen molar-refractivity contribution in [2.24, 2.45) is 0 Å². The monoisotopic (exact) mass is 470 g/mol. The predicted molar refractivity (Wildman–Crippen MR) is 144 cm³/mol. The van der Waals surface area contributed by atoms with E-state index in [0.29, 0.717) is 6.61 Å². The first kappa shape index (κ1) is 25.0. The van der Waals surface area contributed by atoms with Gasteiger partial charge in [0.2, 0.25) is 0 Å². The first-order chi connectivity index (χ1) is 17.2. The van der Waals surface area contributed by atoms with Crippen LogP contribution in [0.1, 0.15) is 55.2 Å². The third-order valence-corrected chi connectivity index (χ3v) is 6.41. The fourth-order valence-corrected chi connectivity index (χ4v) is 4.37. The Kier molecular flexibility index (Phi) is 9.36. The number of hydrogen-bond acceptors (Lipinski definition) is 4. The molecule has 0 aliphatic heterocycles. The number of unbranched alkanes of at least 4 members (excludes halogenated alkanes) is 2. The van der Waals surface area contributed by atoms with Gasteiger partial charge in [-0.15, -0.1) is 0 Å². The third-order valence-electron chi connectivity index (χ3n) is 6.41. The molecule has 0 radical (unpaired) electrons. The number of ether oxygens (including phenoxy) is 1. The van der Waals surface area contributed by atoms with E-state index in [-0.39, 0.29) is 0 Å². The summed E-state index contributed by atoms with van der Waals surface area (Å²) in [6.45, 7) is 8.22. The Morgan fingerprint density at radius 1 is 0.829 bits per heavy atom. The quantitative estimate of drug-likeness (QED) is 0.180. The Morgan fingerprint density at radius 2 is 1.63 bits per heavy atom. The third kappa shape index (κ3) is 7.69. The molecule has 0 aliphatic carbocycles. The number of aryl methyl sites for hydroxylation is 2. The lowest BCUT2D eigenvalue weighted by atomic mass is 10.1. The average molecular weight is 471 g/mol. The Bertz CT molecular complexity index is 1130. The van der Waals surface area contributed by atoms with Gasteiger partial charge in [0.05, 0.1) is 6.61 Å². The number of oxazole rings is 1. The zero-order valence-electron chi connectivity index (χ0n) is 21.2. The zero-order chi connectivity index (χ0) is 24.3. The molecule has 4 nitrogen and oxygen atoms in total. The Balaban J connectivity index is 1.30. The average Bonchev–Trinajstić information content (AvgIpc) is 3.30. The highest BCUT2D eigenvalue weighted by Crippen LogP contribution is 2.21. The van der Waals surface area contributed by atoms with E-state index in [2.05, 4.69) is 72.3 Å². The molecule has 0 aliphatic rings. The van der Waals surface area contributed by atoms with Crippen molar-refractivity contribution in [1.29, 1.82) is 0 Å². The van der Waals surface area contributed by atoms with Crippen molar-refractivity contribution in [3.05, 3.63) is 95.4 Å². The summed E-state index contributed by atoms with van der Waals surface area (Å²) in [7, 11) is 0. The molecule has 0 saturated heterocycles. The first-order valence-corrected chi connectivity index (χ1v) is 13.0. The highest BCUT2D eigenvalue weighted by molar-refractivity contribution is 5.72. The van der Waals surface area contributed by atoms with E-state index in [1.807, 2.05) is 24.3 Å². The number of nitrogens with zero attached hydrogens (tertiary/aromatic N) is 2. The van der Waals surface area contributed by atoms with Crippen molar-refractivity contribution in [3.63, 3.8) is 0 Å². The van der Waals surface area contributed by atoms with Gasteiger partial charge in [-0.2, -0.15) is 0 Å². The molecule has 0 spiro atoms. The molecule has 0 saturated carbocycles. The van der Waals surface area contributed by atoms with E-state index in [0.717, 1.165) is 61.6 Å². The summed E-state index contributed by atoms with van der Waals surface area (Å²) >= 11 is 0. The Hall–Kier alpha value is -3.11. The molecule has 0 atom stereocenters. The zero-order valence-corrected chi connectivity index (χ0v) is 21.2. The SMILES string of the molecule is CCCCCN(CCc1ccccc1OCCCc1nc2ccccc2o1)Cc1ccc(C)cc1. The molecule has 184 valence electrons. The number of aromatic nitrogens is 1. The van der Waals surface area contributed by atoms with Crippen LogP contribution in [0.4, 0.5) is 0 Å². The molecule has 4 rings (SSSR count). The first-order valence-electron chi connectivity index (χ1n) is 13.0. The number of para-hydroxylation sites is 3. The van der Waals surface area contributed by atoms with Gasteiger partial charge in [-0.05, 0) is 62.1 Å². The van der Waals surface area contributed by atoms with E-state index in [1.165, 1.54) is 36.0 Å². The smallest absolute Gasteiger partial charge is 0.195 e. The summed E-state index contributed by atoms with van der Waals surface area (Å²) < 4.78 is 12.0. The van der Waals surface area contributed by atoms with Crippen LogP contribution in [0.2, 0.25) is 0 Å². The fraction of sp³-hybridized carbons (Fsp3) is 0.387. The molecule has 0 bridgehead atoms. The molecule has 0 unspecified atom stereocenters. The normalized spacial score (nSPS) is 11.4. The number of fused-ring (bicyclic) bond motifs is 1. The molecule has 3 aromatic carbocycles. The minimum absolute atomic E-state index is 0.652. The second-order valence-electron chi connectivity index (χ2n) is 9.35. The highest BCUT2D eigenvalue weighted by Gasteiger charge is 2.10. The Morgan fingerprint density at radius 3 is 2.46 bits per heavy atom. The van der Waals surface area contributed by atoms with Crippen LogP contribution in [-0.2, 0) is 19.4 Å². The van der Waals surface area contributed by atoms with Gasteiger partial charge in [-0.3, -0.25) is 4.90 Å². The van der Waals surface area contributed by atoms with Crippen LogP contribution in [-0.4, -0.2) is 29.6 Å². The van der Waals surface area contributed by atoms with Crippen LogP contribution in [0.25, 0.3) is 11.1 Å². The van der Waals surface area contributed by atoms with Gasteiger partial charge in [0.1, 0.15) is 11.3 Å². The van der Waals surface area contributed by atoms with Gasteiger partial charge in [0, 0.05) is 19.5 Å². The van der Waals surface area contributed by atoms with Gasteiger partial charge in [0.15, 0.2) is 11.5 Å². The Labute approximate surface area is 209 Å². The van der Waals surface area contributed by atoms with Gasteiger partial charge in [-0.25, -0.2) is 4.98 Å². The van der Waals surface area contributed by atoms with Gasteiger partial charge in [-0.1, -0.05) is 79.9 Å². The lowest BCUT2D eigenvalue weighted by Gasteiger charge is -2.23. The molecule has 35 heavy (non-hydrogen) atoms. The highest BCUT2D eigenvalue weighted by atomic mass is 16.5. The molecular weight excluding hydrogens is 432 g/mol. The predicted octanol–water partition coefficient (Wildman–Crippen LogP) is 7.38. The lowest BCUT2D eigenvalue weighted by Crippen LogP contribution is -2.27. The molecular formula is C31H38N2O2. The largest absolute Gasteiger partial charge is 0.493 e. The van der Waals surface area contributed by atoms with Crippen molar-refractivity contribution >= 4 is 11.1 Å². The number of benzene rings is 3. The molecule has 4 heteroatoms. The van der Waals surface area contributed by atoms with Crippen molar-refractivity contribution < 1.29 is 9.15 Å². The summed E-state index contributed by atoms with van der Waals surface area (Å²) in [6.07, 6.45) is 6.41. The van der Waals surface area contributed by atoms with Crippen molar-refractivity contribution in [1.82, 2.24) is 9.88 Å². The van der Waals surface area contributed by atoms with Crippen LogP contribution < -0.4 is 4.74 Å². The molecule has 0 N–H and O–H groups in total.